The Morgan fingerprint density at radius 2 is 2.26 bits per heavy atom. The van der Waals surface area contributed by atoms with Crippen LogP contribution in [0.25, 0.3) is 0 Å². The molecule has 4 nitrogen and oxygen atoms in total. The molecule has 1 aliphatic heterocycles. The maximum absolute atomic E-state index is 12.6. The molecule has 0 saturated carbocycles. The lowest BCUT2D eigenvalue weighted by atomic mass is 9.94. The standard InChI is InChI=1S/C15H16N2O2/c1-2-17-13(7-9-16-17)14(18)15-12-6-4-3-5-11(12)8-10-19-15/h3-7,9,15H,2,8,10H2,1H3. The molecule has 2 heterocycles. The Kier molecular flexibility index (Phi) is 3.17. The van der Waals surface area contributed by atoms with Crippen LogP contribution in [0, 0.1) is 0 Å². The third kappa shape index (κ3) is 2.08. The van der Waals surface area contributed by atoms with E-state index in [2.05, 4.69) is 11.2 Å². The number of nitrogens with zero attached hydrogens (tertiary/aromatic N) is 2. The van der Waals surface area contributed by atoms with Gasteiger partial charge >= 0.3 is 0 Å². The summed E-state index contributed by atoms with van der Waals surface area (Å²) in [7, 11) is 0. The van der Waals surface area contributed by atoms with Crippen LogP contribution >= 0.6 is 0 Å². The van der Waals surface area contributed by atoms with Gasteiger partial charge in [-0.3, -0.25) is 9.48 Å². The quantitative estimate of drug-likeness (QED) is 0.792. The normalized spacial score (nSPS) is 18.1. The van der Waals surface area contributed by atoms with E-state index >= 15 is 0 Å². The molecule has 0 fully saturated rings. The van der Waals surface area contributed by atoms with Gasteiger partial charge in [0, 0.05) is 12.7 Å². The highest BCUT2D eigenvalue weighted by molar-refractivity contribution is 5.98. The Hall–Kier alpha value is -1.94. The number of ketones is 1. The second-order valence-corrected chi connectivity index (χ2v) is 4.60. The molecule has 1 aromatic heterocycles. The first-order valence-corrected chi connectivity index (χ1v) is 6.56. The van der Waals surface area contributed by atoms with Crippen molar-refractivity contribution in [2.24, 2.45) is 0 Å². The molecular weight excluding hydrogens is 240 g/mol. The highest BCUT2D eigenvalue weighted by Gasteiger charge is 2.29. The Labute approximate surface area is 112 Å². The van der Waals surface area contributed by atoms with Crippen LogP contribution in [0.4, 0.5) is 0 Å². The fraction of sp³-hybridized carbons (Fsp3) is 0.333. The first-order chi connectivity index (χ1) is 9.31. The molecular formula is C15H16N2O2. The van der Waals surface area contributed by atoms with E-state index < -0.39 is 6.10 Å². The lowest BCUT2D eigenvalue weighted by molar-refractivity contribution is 0.0340. The average Bonchev–Trinajstić information content (AvgIpc) is 2.94. The molecule has 0 saturated heterocycles. The molecule has 1 unspecified atom stereocenters. The Balaban J connectivity index is 1.98. The molecule has 98 valence electrons. The largest absolute Gasteiger partial charge is 0.365 e. The zero-order chi connectivity index (χ0) is 13.2. The van der Waals surface area contributed by atoms with E-state index in [0.717, 1.165) is 12.0 Å². The number of carbonyl (C=O) groups excluding carboxylic acids is 1. The molecule has 0 aliphatic carbocycles. The molecule has 0 amide bonds. The van der Waals surface area contributed by atoms with E-state index in [4.69, 9.17) is 4.74 Å². The fourth-order valence-corrected chi connectivity index (χ4v) is 2.54. The van der Waals surface area contributed by atoms with E-state index in [-0.39, 0.29) is 5.78 Å². The van der Waals surface area contributed by atoms with Gasteiger partial charge in [-0.15, -0.1) is 0 Å². The fourth-order valence-electron chi connectivity index (χ4n) is 2.54. The van der Waals surface area contributed by atoms with Crippen LogP contribution in [-0.2, 0) is 17.7 Å². The summed E-state index contributed by atoms with van der Waals surface area (Å²) in [6, 6.07) is 9.75. The number of carbonyl (C=O) groups is 1. The number of benzene rings is 1. The monoisotopic (exact) mass is 256 g/mol. The van der Waals surface area contributed by atoms with Gasteiger partial charge in [0.1, 0.15) is 11.8 Å². The minimum Gasteiger partial charge on any atom is -0.365 e. The third-order valence-corrected chi connectivity index (χ3v) is 3.50. The molecule has 1 atom stereocenters. The molecule has 1 aliphatic rings. The van der Waals surface area contributed by atoms with Gasteiger partial charge in [0.15, 0.2) is 0 Å². The molecule has 19 heavy (non-hydrogen) atoms. The zero-order valence-electron chi connectivity index (χ0n) is 10.9. The van der Waals surface area contributed by atoms with Crippen molar-refractivity contribution in [2.45, 2.75) is 26.0 Å². The smallest absolute Gasteiger partial charge is 0.214 e. The summed E-state index contributed by atoms with van der Waals surface area (Å²) >= 11 is 0. The number of aromatic nitrogens is 2. The van der Waals surface area contributed by atoms with Gasteiger partial charge in [-0.2, -0.15) is 5.10 Å². The maximum Gasteiger partial charge on any atom is 0.214 e. The Bertz CT molecular complexity index is 604. The van der Waals surface area contributed by atoms with Gasteiger partial charge in [-0.05, 0) is 30.5 Å². The molecule has 1 aromatic carbocycles. The predicted octanol–water partition coefficient (Wildman–Crippen LogP) is 2.40. The van der Waals surface area contributed by atoms with Crippen LogP contribution < -0.4 is 0 Å². The molecule has 0 radical (unpaired) electrons. The highest BCUT2D eigenvalue weighted by atomic mass is 16.5. The van der Waals surface area contributed by atoms with Crippen molar-refractivity contribution >= 4 is 5.78 Å². The zero-order valence-corrected chi connectivity index (χ0v) is 10.9. The van der Waals surface area contributed by atoms with Crippen LogP contribution in [0.2, 0.25) is 0 Å². The van der Waals surface area contributed by atoms with Gasteiger partial charge in [-0.1, -0.05) is 24.3 Å². The van der Waals surface area contributed by atoms with Gasteiger partial charge in [0.05, 0.1) is 6.61 Å². The lowest BCUT2D eigenvalue weighted by Crippen LogP contribution is -2.25. The summed E-state index contributed by atoms with van der Waals surface area (Å²) in [6.07, 6.45) is 2.03. The number of fused-ring (bicyclic) bond motifs is 1. The summed E-state index contributed by atoms with van der Waals surface area (Å²) in [5, 5.41) is 4.15. The van der Waals surface area contributed by atoms with E-state index in [0.29, 0.717) is 18.8 Å². The van der Waals surface area contributed by atoms with E-state index in [1.165, 1.54) is 5.56 Å². The van der Waals surface area contributed by atoms with Crippen molar-refractivity contribution in [3.05, 3.63) is 53.3 Å². The Morgan fingerprint density at radius 3 is 3.11 bits per heavy atom. The van der Waals surface area contributed by atoms with Crippen LogP contribution in [0.5, 0.6) is 0 Å². The number of Topliss-reactive ketones (excluding diaryl/α,β-unsaturated/α-hetero) is 1. The predicted molar refractivity (Wildman–Crippen MR) is 71.1 cm³/mol. The summed E-state index contributed by atoms with van der Waals surface area (Å²) in [4.78, 5) is 12.6. The Morgan fingerprint density at radius 1 is 1.42 bits per heavy atom. The first kappa shape index (κ1) is 12.1. The minimum absolute atomic E-state index is 0.00787. The molecule has 2 aromatic rings. The van der Waals surface area contributed by atoms with Crippen molar-refractivity contribution in [3.8, 4) is 0 Å². The van der Waals surface area contributed by atoms with Gasteiger partial charge in [0.2, 0.25) is 5.78 Å². The topological polar surface area (TPSA) is 44.1 Å². The lowest BCUT2D eigenvalue weighted by Gasteiger charge is -2.25. The van der Waals surface area contributed by atoms with E-state index in [9.17, 15) is 4.79 Å². The summed E-state index contributed by atoms with van der Waals surface area (Å²) in [5.74, 6) is -0.00787. The molecule has 3 rings (SSSR count). The number of hydrogen-bond acceptors (Lipinski definition) is 3. The van der Waals surface area contributed by atoms with Crippen LogP contribution in [0.3, 0.4) is 0 Å². The minimum atomic E-state index is -0.494. The molecule has 0 N–H and O–H groups in total. The molecule has 0 bridgehead atoms. The van der Waals surface area contributed by atoms with Crippen molar-refractivity contribution in [2.75, 3.05) is 6.61 Å². The van der Waals surface area contributed by atoms with Crippen LogP contribution in [0.15, 0.2) is 36.5 Å². The highest BCUT2D eigenvalue weighted by Crippen LogP contribution is 2.29. The number of hydrogen-bond donors (Lipinski definition) is 0. The number of rotatable bonds is 3. The van der Waals surface area contributed by atoms with E-state index in [1.807, 2.05) is 25.1 Å². The van der Waals surface area contributed by atoms with E-state index in [1.54, 1.807) is 16.9 Å². The van der Waals surface area contributed by atoms with Crippen molar-refractivity contribution in [1.82, 2.24) is 9.78 Å². The molecule has 0 spiro atoms. The van der Waals surface area contributed by atoms with Gasteiger partial charge in [-0.25, -0.2) is 0 Å². The second kappa shape index (κ2) is 4.97. The second-order valence-electron chi connectivity index (χ2n) is 4.60. The van der Waals surface area contributed by atoms with Crippen LogP contribution in [-0.4, -0.2) is 22.2 Å². The summed E-state index contributed by atoms with van der Waals surface area (Å²) in [5.41, 5.74) is 2.81. The molecule has 4 heteroatoms. The number of ether oxygens (including phenoxy) is 1. The SMILES string of the molecule is CCn1nccc1C(=O)C1OCCc2ccccc21. The van der Waals surface area contributed by atoms with Crippen molar-refractivity contribution in [1.29, 1.82) is 0 Å². The van der Waals surface area contributed by atoms with Gasteiger partial charge < -0.3 is 4.74 Å². The van der Waals surface area contributed by atoms with Crippen molar-refractivity contribution in [3.63, 3.8) is 0 Å². The first-order valence-electron chi connectivity index (χ1n) is 6.56. The average molecular weight is 256 g/mol. The van der Waals surface area contributed by atoms with Crippen molar-refractivity contribution < 1.29 is 9.53 Å². The van der Waals surface area contributed by atoms with Crippen LogP contribution in [0.1, 0.15) is 34.6 Å². The maximum atomic E-state index is 12.6. The number of aryl methyl sites for hydroxylation is 1. The summed E-state index contributed by atoms with van der Waals surface area (Å²) < 4.78 is 7.41. The third-order valence-electron chi connectivity index (χ3n) is 3.50. The summed E-state index contributed by atoms with van der Waals surface area (Å²) in [6.45, 7) is 3.25. The van der Waals surface area contributed by atoms with Gasteiger partial charge in [0.25, 0.3) is 0 Å².